The van der Waals surface area contributed by atoms with E-state index in [0.717, 1.165) is 48.9 Å². The second-order valence-electron chi connectivity index (χ2n) is 20.1. The van der Waals surface area contributed by atoms with Gasteiger partial charge in [0.15, 0.2) is 0 Å². The smallest absolute Gasteiger partial charge is 0.139 e. The first kappa shape index (κ1) is 39.3. The highest BCUT2D eigenvalue weighted by molar-refractivity contribution is 5.88. The first-order valence-corrected chi connectivity index (χ1v) is 23.2. The number of pyridine rings is 2. The summed E-state index contributed by atoms with van der Waals surface area (Å²) in [6.07, 6.45) is 23.5. The molecule has 0 spiro atoms. The van der Waals surface area contributed by atoms with E-state index in [1.165, 1.54) is 95.2 Å². The molecule has 0 aliphatic heterocycles. The lowest BCUT2D eigenvalue weighted by Crippen LogP contribution is -2.42. The Morgan fingerprint density at radius 3 is 1.73 bits per heavy atom. The van der Waals surface area contributed by atoms with Crippen molar-refractivity contribution in [3.8, 4) is 0 Å². The Labute approximate surface area is 358 Å². The lowest BCUT2D eigenvalue weighted by atomic mass is 9.54. The zero-order valence-electron chi connectivity index (χ0n) is 36.5. The predicted octanol–water partition coefficient (Wildman–Crippen LogP) is 14.1. The monoisotopic (exact) mass is 790 g/mol. The molecule has 6 aliphatic carbocycles. The number of ketones is 1. The topological polar surface area (TPSA) is 42.9 Å². The molecule has 2 aromatic heterocycles. The highest BCUT2D eigenvalue weighted by Crippen LogP contribution is 2.63. The van der Waals surface area contributed by atoms with E-state index < -0.39 is 0 Å². The van der Waals surface area contributed by atoms with Gasteiger partial charge < -0.3 is 0 Å². The molecular formula is C57H62N2O. The summed E-state index contributed by atoms with van der Waals surface area (Å²) in [5.41, 5.74) is 13.9. The molecule has 60 heavy (non-hydrogen) atoms. The Morgan fingerprint density at radius 1 is 0.533 bits per heavy atom. The van der Waals surface area contributed by atoms with Crippen LogP contribution >= 0.6 is 0 Å². The van der Waals surface area contributed by atoms with Crippen LogP contribution < -0.4 is 0 Å². The van der Waals surface area contributed by atoms with Gasteiger partial charge in [0.25, 0.3) is 0 Å². The number of fused-ring (bicyclic) bond motifs is 12. The number of aromatic nitrogens is 2. The minimum atomic E-state index is 0.0172. The number of benzene rings is 4. The van der Waals surface area contributed by atoms with Crippen LogP contribution in [0.4, 0.5) is 0 Å². The number of allylic oxidation sites excluding steroid dienone is 2. The summed E-state index contributed by atoms with van der Waals surface area (Å²) in [5.74, 6) is 5.08. The number of hydrogen-bond acceptors (Lipinski definition) is 3. The fourth-order valence-corrected chi connectivity index (χ4v) is 13.7. The molecule has 0 bridgehead atoms. The summed E-state index contributed by atoms with van der Waals surface area (Å²) in [4.78, 5) is 20.7. The molecule has 8 atom stereocenters. The van der Waals surface area contributed by atoms with Gasteiger partial charge in [-0.3, -0.25) is 14.8 Å². The Hall–Kier alpha value is -4.89. The summed E-state index contributed by atoms with van der Waals surface area (Å²) in [6.45, 7) is 11.3. The SMILES string of the molecule is Cc1ccc2c(c1)CC[C@@H]1[C@@H]2CC[C@]2(C)C(=O)CC[C@@H]12.Cc1ccc2c(c1)CC[C@@H]1[C@@H]2CC[C@]2(C)C(c3ccc4ccncc4c3)=CC[C@@H]12.Cc1ccc2ccncc2c1. The van der Waals surface area contributed by atoms with E-state index >= 15 is 0 Å². The Bertz CT molecular complexity index is 2640. The summed E-state index contributed by atoms with van der Waals surface area (Å²) in [6, 6.07) is 31.7. The molecule has 2 heterocycles. The molecule has 6 aliphatic rings. The van der Waals surface area contributed by atoms with Gasteiger partial charge >= 0.3 is 0 Å². The van der Waals surface area contributed by atoms with Crippen molar-refractivity contribution >= 4 is 32.9 Å². The summed E-state index contributed by atoms with van der Waals surface area (Å²) in [7, 11) is 0. The first-order valence-electron chi connectivity index (χ1n) is 23.2. The van der Waals surface area contributed by atoms with E-state index in [1.807, 2.05) is 30.9 Å². The van der Waals surface area contributed by atoms with Gasteiger partial charge in [-0.2, -0.15) is 0 Å². The Kier molecular flexibility index (Phi) is 10.2. The fraction of sp³-hybridized carbons (Fsp3) is 0.421. The molecule has 3 fully saturated rings. The number of aryl methyl sites for hydroxylation is 5. The third-order valence-electron chi connectivity index (χ3n) is 16.8. The largest absolute Gasteiger partial charge is 0.299 e. The van der Waals surface area contributed by atoms with Crippen LogP contribution in [-0.2, 0) is 17.6 Å². The van der Waals surface area contributed by atoms with E-state index in [4.69, 9.17) is 0 Å². The van der Waals surface area contributed by atoms with Gasteiger partial charge in [0, 0.05) is 47.4 Å². The summed E-state index contributed by atoms with van der Waals surface area (Å²) in [5, 5.41) is 5.01. The molecular weight excluding hydrogens is 729 g/mol. The van der Waals surface area contributed by atoms with Gasteiger partial charge in [-0.25, -0.2) is 0 Å². The predicted molar refractivity (Wildman–Crippen MR) is 248 cm³/mol. The molecule has 0 unspecified atom stereocenters. The molecule has 3 heteroatoms. The van der Waals surface area contributed by atoms with Crippen LogP contribution in [0.2, 0.25) is 0 Å². The van der Waals surface area contributed by atoms with Crippen molar-refractivity contribution < 1.29 is 4.79 Å². The van der Waals surface area contributed by atoms with E-state index in [0.29, 0.717) is 17.1 Å². The number of rotatable bonds is 1. The number of carbonyl (C=O) groups is 1. The Morgan fingerprint density at radius 2 is 1.08 bits per heavy atom. The van der Waals surface area contributed by atoms with Crippen LogP contribution in [-0.4, -0.2) is 15.8 Å². The molecule has 0 saturated heterocycles. The maximum Gasteiger partial charge on any atom is 0.139 e. The molecule has 0 N–H and O–H groups in total. The van der Waals surface area contributed by atoms with Gasteiger partial charge in [-0.1, -0.05) is 97.3 Å². The minimum Gasteiger partial charge on any atom is -0.299 e. The molecule has 0 amide bonds. The lowest BCUT2D eigenvalue weighted by molar-refractivity contribution is -0.129. The summed E-state index contributed by atoms with van der Waals surface area (Å²) < 4.78 is 0. The third-order valence-corrected chi connectivity index (χ3v) is 16.8. The third kappa shape index (κ3) is 6.85. The van der Waals surface area contributed by atoms with Gasteiger partial charge in [0.1, 0.15) is 5.78 Å². The van der Waals surface area contributed by atoms with Crippen LogP contribution in [0, 0.1) is 55.3 Å². The molecule has 12 rings (SSSR count). The number of hydrogen-bond donors (Lipinski definition) is 0. The molecule has 3 saturated carbocycles. The van der Waals surface area contributed by atoms with Gasteiger partial charge in [0.05, 0.1) is 0 Å². The molecule has 306 valence electrons. The van der Waals surface area contributed by atoms with Gasteiger partial charge in [-0.05, 0) is 194 Å². The van der Waals surface area contributed by atoms with Crippen molar-refractivity contribution in [1.29, 1.82) is 0 Å². The molecule has 0 radical (unpaired) electrons. The summed E-state index contributed by atoms with van der Waals surface area (Å²) >= 11 is 0. The number of Topliss-reactive ketones (excluding diaryl/α,β-unsaturated/α-hetero) is 1. The van der Waals surface area contributed by atoms with Crippen LogP contribution in [0.3, 0.4) is 0 Å². The zero-order valence-corrected chi connectivity index (χ0v) is 36.5. The van der Waals surface area contributed by atoms with E-state index in [1.54, 1.807) is 27.8 Å². The zero-order chi connectivity index (χ0) is 41.2. The second kappa shape index (κ2) is 15.5. The highest BCUT2D eigenvalue weighted by Gasteiger charge is 2.55. The first-order chi connectivity index (χ1) is 29.1. The van der Waals surface area contributed by atoms with Crippen molar-refractivity contribution in [1.82, 2.24) is 9.97 Å². The lowest BCUT2D eigenvalue weighted by Gasteiger charge is -2.50. The highest BCUT2D eigenvalue weighted by atomic mass is 16.1. The average molecular weight is 791 g/mol. The van der Waals surface area contributed by atoms with Crippen LogP contribution in [0.1, 0.15) is 128 Å². The van der Waals surface area contributed by atoms with Crippen molar-refractivity contribution in [2.45, 2.75) is 117 Å². The molecule has 3 nitrogen and oxygen atoms in total. The second-order valence-corrected chi connectivity index (χ2v) is 20.1. The standard InChI is InChI=1S/C28H29N.C19H24O.C10H9N/c1-18-3-7-23-20(15-18)6-8-25-24(23)11-13-28(2)26(9-10-27(25)28)21-5-4-19-12-14-29-17-22(19)16-21;1-12-3-5-14-13(11-12)4-6-16-15(14)9-10-19(2)17(16)7-8-18(19)20;1-8-2-3-9-4-5-11-7-10(9)6-8/h3-5,7,9,12,14-17,24-25,27H,6,8,10-11,13H2,1-2H3;3,5,11,15-17H,4,6-10H2,1-2H3;2-7H,1H3/t24-,25-,27+,28-;15-,16-,17+,19+;/m11./s1. The van der Waals surface area contributed by atoms with Gasteiger partial charge in [-0.15, -0.1) is 0 Å². The fourth-order valence-electron chi connectivity index (χ4n) is 13.7. The average Bonchev–Trinajstić information content (AvgIpc) is 3.78. The maximum absolute atomic E-state index is 12.3. The van der Waals surface area contributed by atoms with E-state index in [9.17, 15) is 4.79 Å². The van der Waals surface area contributed by atoms with E-state index in [-0.39, 0.29) is 5.41 Å². The normalized spacial score (nSPS) is 29.6. The molecule has 4 aromatic carbocycles. The number of carbonyl (C=O) groups excluding carboxylic acids is 1. The Balaban J connectivity index is 0.000000120. The van der Waals surface area contributed by atoms with Crippen molar-refractivity contribution in [2.24, 2.45) is 34.5 Å². The van der Waals surface area contributed by atoms with Crippen LogP contribution in [0.5, 0.6) is 0 Å². The van der Waals surface area contributed by atoms with Crippen LogP contribution in [0.25, 0.3) is 27.1 Å². The maximum atomic E-state index is 12.3. The van der Waals surface area contributed by atoms with Gasteiger partial charge in [0.2, 0.25) is 0 Å². The molecule has 6 aromatic rings. The number of nitrogens with zero attached hydrogens (tertiary/aromatic N) is 2. The van der Waals surface area contributed by atoms with Crippen molar-refractivity contribution in [2.75, 3.05) is 0 Å². The van der Waals surface area contributed by atoms with Crippen LogP contribution in [0.15, 0.2) is 116 Å². The minimum absolute atomic E-state index is 0.0172. The van der Waals surface area contributed by atoms with E-state index in [2.05, 4.69) is 130 Å². The quantitative estimate of drug-likeness (QED) is 0.167. The van der Waals surface area contributed by atoms with Crippen molar-refractivity contribution in [3.63, 3.8) is 0 Å². The van der Waals surface area contributed by atoms with Crippen molar-refractivity contribution in [3.05, 3.63) is 160 Å².